The van der Waals surface area contributed by atoms with Gasteiger partial charge in [0.05, 0.1) is 0 Å². The quantitative estimate of drug-likeness (QED) is 0.681. The number of nitrogens with zero attached hydrogens (tertiary/aromatic N) is 2. The molecule has 0 radical (unpaired) electrons. The summed E-state index contributed by atoms with van der Waals surface area (Å²) in [5, 5.41) is 3.31. The van der Waals surface area contributed by atoms with Crippen LogP contribution in [0.4, 0.5) is 5.82 Å². The van der Waals surface area contributed by atoms with Gasteiger partial charge in [0.15, 0.2) is 4.84 Å². The summed E-state index contributed by atoms with van der Waals surface area (Å²) in [6, 6.07) is 11.1. The largest absolute Gasteiger partial charge is 0.308 e. The molecule has 2 aromatic heterocycles. The number of aryl methyl sites for hydroxylation is 1. The number of aromatic nitrogens is 2. The molecule has 2 heterocycles. The molecule has 0 spiro atoms. The molecule has 4 nitrogen and oxygen atoms in total. The first kappa shape index (κ1) is 16.1. The number of amides is 1. The average Bonchev–Trinajstić information content (AvgIpc) is 2.85. The molecule has 0 saturated heterocycles. The highest BCUT2D eigenvalue weighted by Crippen LogP contribution is 2.31. The van der Waals surface area contributed by atoms with E-state index in [4.69, 9.17) is 34.8 Å². The Bertz CT molecular complexity index is 889. The zero-order valence-corrected chi connectivity index (χ0v) is 14.3. The predicted octanol–water partition coefficient (Wildman–Crippen LogP) is 4.71. The van der Waals surface area contributed by atoms with Crippen molar-refractivity contribution in [1.82, 2.24) is 9.38 Å². The Hall–Kier alpha value is -1.75. The van der Waals surface area contributed by atoms with Crippen LogP contribution in [0.3, 0.4) is 0 Å². The lowest BCUT2D eigenvalue weighted by Gasteiger charge is -2.08. The van der Waals surface area contributed by atoms with E-state index in [2.05, 4.69) is 10.3 Å². The minimum Gasteiger partial charge on any atom is -0.308 e. The Morgan fingerprint density at radius 2 is 2.04 bits per heavy atom. The van der Waals surface area contributed by atoms with Gasteiger partial charge in [-0.25, -0.2) is 4.98 Å². The van der Waals surface area contributed by atoms with Crippen LogP contribution in [0.2, 0.25) is 5.02 Å². The summed E-state index contributed by atoms with van der Waals surface area (Å²) in [5.74, 6) is -0.0162. The van der Waals surface area contributed by atoms with Crippen molar-refractivity contribution in [2.45, 2.75) is 11.8 Å². The van der Waals surface area contributed by atoms with Crippen molar-refractivity contribution >= 4 is 52.2 Å². The summed E-state index contributed by atoms with van der Waals surface area (Å²) in [5.41, 5.74) is 3.15. The van der Waals surface area contributed by atoms with Crippen LogP contribution < -0.4 is 5.32 Å². The van der Waals surface area contributed by atoms with Crippen LogP contribution in [0.1, 0.15) is 5.56 Å². The molecule has 1 N–H and O–H groups in total. The van der Waals surface area contributed by atoms with Crippen molar-refractivity contribution in [3.05, 3.63) is 53.2 Å². The number of alkyl halides is 2. The number of halogens is 3. The normalized spacial score (nSPS) is 11.2. The molecule has 1 aromatic carbocycles. The first-order chi connectivity index (χ1) is 11.0. The lowest BCUT2D eigenvalue weighted by molar-refractivity contribution is -0.114. The molecule has 0 unspecified atom stereocenters. The lowest BCUT2D eigenvalue weighted by Crippen LogP contribution is -2.20. The zero-order valence-electron chi connectivity index (χ0n) is 12.1. The number of hydrogen-bond donors (Lipinski definition) is 1. The fourth-order valence-corrected chi connectivity index (χ4v) is 2.57. The van der Waals surface area contributed by atoms with E-state index in [0.29, 0.717) is 22.2 Å². The standard InChI is InChI=1S/C16H12Cl3N3O/c1-9-5-6-22-12(7-9)20-13(10-3-2-4-11(17)8-10)15(22)21-16(23)14(18)19/h2-8,14H,1H3,(H,21,23). The molecule has 1 amide bonds. The number of rotatable bonds is 3. The second-order valence-corrected chi connectivity index (χ2v) is 6.57. The molecule has 7 heteroatoms. The number of carbonyl (C=O) groups is 1. The molecule has 23 heavy (non-hydrogen) atoms. The third kappa shape index (κ3) is 3.29. The topological polar surface area (TPSA) is 46.4 Å². The van der Waals surface area contributed by atoms with E-state index in [1.54, 1.807) is 16.5 Å². The maximum absolute atomic E-state index is 11.9. The van der Waals surface area contributed by atoms with Crippen LogP contribution in [0.15, 0.2) is 42.6 Å². The van der Waals surface area contributed by atoms with Gasteiger partial charge >= 0.3 is 0 Å². The zero-order chi connectivity index (χ0) is 16.6. The lowest BCUT2D eigenvalue weighted by atomic mass is 10.1. The van der Waals surface area contributed by atoms with Crippen molar-refractivity contribution < 1.29 is 4.79 Å². The van der Waals surface area contributed by atoms with Gasteiger partial charge in [-0.05, 0) is 36.8 Å². The molecule has 0 bridgehead atoms. The van der Waals surface area contributed by atoms with E-state index in [0.717, 1.165) is 11.1 Å². The Kier molecular flexibility index (Phi) is 4.48. The summed E-state index contributed by atoms with van der Waals surface area (Å²) in [4.78, 5) is 15.4. The van der Waals surface area contributed by atoms with Crippen molar-refractivity contribution in [3.8, 4) is 11.3 Å². The molecular formula is C16H12Cl3N3O. The van der Waals surface area contributed by atoms with Crippen molar-refractivity contribution in [2.75, 3.05) is 5.32 Å². The third-order valence-corrected chi connectivity index (χ3v) is 3.95. The van der Waals surface area contributed by atoms with Gasteiger partial charge in [-0.15, -0.1) is 0 Å². The van der Waals surface area contributed by atoms with Gasteiger partial charge in [-0.3, -0.25) is 9.20 Å². The Morgan fingerprint density at radius 3 is 2.74 bits per heavy atom. The number of anilines is 1. The molecular weight excluding hydrogens is 357 g/mol. The highest BCUT2D eigenvalue weighted by Gasteiger charge is 2.19. The number of pyridine rings is 1. The van der Waals surface area contributed by atoms with E-state index >= 15 is 0 Å². The molecule has 0 aliphatic heterocycles. The first-order valence-electron chi connectivity index (χ1n) is 6.79. The molecule has 3 aromatic rings. The highest BCUT2D eigenvalue weighted by molar-refractivity contribution is 6.54. The van der Waals surface area contributed by atoms with E-state index in [-0.39, 0.29) is 0 Å². The Labute approximate surface area is 148 Å². The summed E-state index contributed by atoms with van der Waals surface area (Å²) in [6.07, 6.45) is 1.83. The van der Waals surface area contributed by atoms with Gasteiger partial charge in [0.25, 0.3) is 5.91 Å². The second-order valence-electron chi connectivity index (χ2n) is 5.04. The number of hydrogen-bond acceptors (Lipinski definition) is 2. The van der Waals surface area contributed by atoms with Crippen molar-refractivity contribution in [1.29, 1.82) is 0 Å². The van der Waals surface area contributed by atoms with E-state index < -0.39 is 10.7 Å². The smallest absolute Gasteiger partial charge is 0.258 e. The van der Waals surface area contributed by atoms with Gasteiger partial charge in [0, 0.05) is 16.8 Å². The Morgan fingerprint density at radius 1 is 1.26 bits per heavy atom. The van der Waals surface area contributed by atoms with Gasteiger partial charge in [0.1, 0.15) is 17.2 Å². The number of fused-ring (bicyclic) bond motifs is 1. The number of benzene rings is 1. The summed E-state index contributed by atoms with van der Waals surface area (Å²) in [6.45, 7) is 1.97. The van der Waals surface area contributed by atoms with Crippen LogP contribution in [0.5, 0.6) is 0 Å². The van der Waals surface area contributed by atoms with Gasteiger partial charge < -0.3 is 5.32 Å². The van der Waals surface area contributed by atoms with E-state index in [1.807, 2.05) is 37.4 Å². The van der Waals surface area contributed by atoms with Gasteiger partial charge in [-0.2, -0.15) is 0 Å². The molecule has 0 atom stereocenters. The predicted molar refractivity (Wildman–Crippen MR) is 94.5 cm³/mol. The highest BCUT2D eigenvalue weighted by atomic mass is 35.5. The van der Waals surface area contributed by atoms with Crippen LogP contribution in [0.25, 0.3) is 16.9 Å². The SMILES string of the molecule is Cc1ccn2c(NC(=O)C(Cl)Cl)c(-c3cccc(Cl)c3)nc2c1. The third-order valence-electron chi connectivity index (χ3n) is 3.32. The van der Waals surface area contributed by atoms with Crippen LogP contribution in [-0.2, 0) is 4.79 Å². The monoisotopic (exact) mass is 367 g/mol. The fourth-order valence-electron chi connectivity index (χ4n) is 2.27. The number of carbonyl (C=O) groups excluding carboxylic acids is 1. The van der Waals surface area contributed by atoms with Crippen molar-refractivity contribution in [2.24, 2.45) is 0 Å². The van der Waals surface area contributed by atoms with E-state index in [9.17, 15) is 4.79 Å². The minimum absolute atomic E-state index is 0.499. The summed E-state index contributed by atoms with van der Waals surface area (Å²) in [7, 11) is 0. The first-order valence-corrected chi connectivity index (χ1v) is 8.04. The van der Waals surface area contributed by atoms with E-state index in [1.165, 1.54) is 0 Å². The number of imidazole rings is 1. The molecule has 0 saturated carbocycles. The summed E-state index contributed by atoms with van der Waals surface area (Å²) >= 11 is 17.4. The van der Waals surface area contributed by atoms with Crippen molar-refractivity contribution in [3.63, 3.8) is 0 Å². The fraction of sp³-hybridized carbons (Fsp3) is 0.125. The van der Waals surface area contributed by atoms with Gasteiger partial charge in [0.2, 0.25) is 0 Å². The second kappa shape index (κ2) is 6.40. The molecule has 118 valence electrons. The Balaban J connectivity index is 2.21. The van der Waals surface area contributed by atoms with Crippen LogP contribution >= 0.6 is 34.8 Å². The summed E-state index contributed by atoms with van der Waals surface area (Å²) < 4.78 is 1.78. The molecule has 0 aliphatic carbocycles. The van der Waals surface area contributed by atoms with Gasteiger partial charge in [-0.1, -0.05) is 46.9 Å². The maximum atomic E-state index is 11.9. The molecule has 3 rings (SSSR count). The molecule has 0 aliphatic rings. The van der Waals surface area contributed by atoms with Crippen LogP contribution in [0, 0.1) is 6.92 Å². The van der Waals surface area contributed by atoms with Crippen LogP contribution in [-0.4, -0.2) is 20.1 Å². The average molecular weight is 369 g/mol. The maximum Gasteiger partial charge on any atom is 0.258 e. The molecule has 0 fully saturated rings. The number of nitrogens with one attached hydrogen (secondary N) is 1. The minimum atomic E-state index is -1.17.